The van der Waals surface area contributed by atoms with Crippen LogP contribution in [0.3, 0.4) is 0 Å². The van der Waals surface area contributed by atoms with E-state index in [1.807, 2.05) is 30.3 Å². The number of aliphatic hydroxyl groups is 2. The highest BCUT2D eigenvalue weighted by atomic mass is 16.5. The van der Waals surface area contributed by atoms with Crippen LogP contribution in [0.15, 0.2) is 54.6 Å². The first kappa shape index (κ1) is 17.1. The molecule has 0 amide bonds. The topological polar surface area (TPSA) is 76.0 Å². The van der Waals surface area contributed by atoms with Gasteiger partial charge in [0.25, 0.3) is 0 Å². The number of para-hydroxylation sites is 1. The first-order valence-corrected chi connectivity index (χ1v) is 7.28. The molecular formula is C18H20O5. The number of aliphatic hydroxyl groups excluding tert-OH is 2. The summed E-state index contributed by atoms with van der Waals surface area (Å²) >= 11 is 0. The van der Waals surface area contributed by atoms with E-state index in [1.165, 1.54) is 7.11 Å². The van der Waals surface area contributed by atoms with E-state index in [9.17, 15) is 15.0 Å². The third kappa shape index (κ3) is 4.63. The minimum absolute atomic E-state index is 0.142. The summed E-state index contributed by atoms with van der Waals surface area (Å²) in [6.07, 6.45) is -2.88. The summed E-state index contributed by atoms with van der Waals surface area (Å²) < 4.78 is 10.4. The minimum atomic E-state index is -1.57. The standard InChI is InChI=1S/C18H20O5/c1-22-16-10-6-5-9-14(16)17(20)18(21)15(19)12-23-11-13-7-3-2-4-8-13/h2-10,15,18-19,21H,11-12H2,1H3/t15-,18+/m0/s1. The second kappa shape index (κ2) is 8.43. The molecule has 122 valence electrons. The van der Waals surface area contributed by atoms with Gasteiger partial charge in [0.05, 0.1) is 25.9 Å². The maximum atomic E-state index is 12.3. The molecule has 0 saturated heterocycles. The Morgan fingerprint density at radius 3 is 2.39 bits per heavy atom. The summed E-state index contributed by atoms with van der Waals surface area (Å²) in [5, 5.41) is 20.0. The van der Waals surface area contributed by atoms with Crippen molar-refractivity contribution in [3.8, 4) is 5.75 Å². The first-order valence-electron chi connectivity index (χ1n) is 7.28. The normalized spacial score (nSPS) is 13.3. The second-order valence-corrected chi connectivity index (χ2v) is 5.08. The quantitative estimate of drug-likeness (QED) is 0.727. The molecule has 0 spiro atoms. The van der Waals surface area contributed by atoms with Crippen LogP contribution in [0.4, 0.5) is 0 Å². The number of carbonyl (C=O) groups is 1. The van der Waals surface area contributed by atoms with Gasteiger partial charge in [-0.15, -0.1) is 0 Å². The summed E-state index contributed by atoms with van der Waals surface area (Å²) in [4.78, 5) is 12.3. The SMILES string of the molecule is COc1ccccc1C(=O)[C@H](O)[C@@H](O)COCc1ccccc1. The summed E-state index contributed by atoms with van der Waals surface area (Å²) in [7, 11) is 1.44. The fourth-order valence-electron chi connectivity index (χ4n) is 2.15. The highest BCUT2D eigenvalue weighted by Gasteiger charge is 2.27. The molecule has 0 aliphatic carbocycles. The maximum absolute atomic E-state index is 12.3. The van der Waals surface area contributed by atoms with E-state index in [1.54, 1.807) is 24.3 Å². The minimum Gasteiger partial charge on any atom is -0.496 e. The summed E-state index contributed by atoms with van der Waals surface area (Å²) in [5.41, 5.74) is 1.18. The summed E-state index contributed by atoms with van der Waals surface area (Å²) in [6, 6.07) is 16.0. The van der Waals surface area contributed by atoms with Gasteiger partial charge in [-0.3, -0.25) is 4.79 Å². The van der Waals surface area contributed by atoms with E-state index in [-0.39, 0.29) is 12.2 Å². The van der Waals surface area contributed by atoms with Gasteiger partial charge in [0.15, 0.2) is 5.78 Å². The van der Waals surface area contributed by atoms with Crippen LogP contribution in [-0.2, 0) is 11.3 Å². The average Bonchev–Trinajstić information content (AvgIpc) is 2.61. The van der Waals surface area contributed by atoms with Gasteiger partial charge in [-0.1, -0.05) is 42.5 Å². The molecule has 5 heteroatoms. The van der Waals surface area contributed by atoms with Gasteiger partial charge < -0.3 is 19.7 Å². The van der Waals surface area contributed by atoms with Crippen LogP contribution in [0.5, 0.6) is 5.75 Å². The molecule has 0 saturated carbocycles. The van der Waals surface area contributed by atoms with Crippen LogP contribution >= 0.6 is 0 Å². The van der Waals surface area contributed by atoms with E-state index < -0.39 is 18.0 Å². The number of benzene rings is 2. The van der Waals surface area contributed by atoms with E-state index in [0.717, 1.165) is 5.56 Å². The largest absolute Gasteiger partial charge is 0.496 e. The highest BCUT2D eigenvalue weighted by molar-refractivity contribution is 6.02. The van der Waals surface area contributed by atoms with Crippen LogP contribution in [-0.4, -0.2) is 41.9 Å². The summed E-state index contributed by atoms with van der Waals surface area (Å²) in [6.45, 7) is 0.157. The number of hydrogen-bond acceptors (Lipinski definition) is 5. The highest BCUT2D eigenvalue weighted by Crippen LogP contribution is 2.20. The Bertz CT molecular complexity index is 626. The molecule has 2 aromatic carbocycles. The number of hydrogen-bond donors (Lipinski definition) is 2. The Morgan fingerprint density at radius 1 is 1.04 bits per heavy atom. The van der Waals surface area contributed by atoms with Gasteiger partial charge >= 0.3 is 0 Å². The number of ether oxygens (including phenoxy) is 2. The molecule has 0 heterocycles. The molecule has 2 atom stereocenters. The number of rotatable bonds is 8. The second-order valence-electron chi connectivity index (χ2n) is 5.08. The Balaban J connectivity index is 1.91. The zero-order valence-electron chi connectivity index (χ0n) is 12.9. The lowest BCUT2D eigenvalue weighted by molar-refractivity contribution is -0.0317. The summed E-state index contributed by atoms with van der Waals surface area (Å²) in [5.74, 6) is -0.243. The van der Waals surface area contributed by atoms with Crippen LogP contribution in [0, 0.1) is 0 Å². The van der Waals surface area contributed by atoms with Crippen molar-refractivity contribution in [1.82, 2.24) is 0 Å². The van der Waals surface area contributed by atoms with Gasteiger partial charge in [0.1, 0.15) is 18.0 Å². The van der Waals surface area contributed by atoms with Crippen LogP contribution < -0.4 is 4.74 Å². The van der Waals surface area contributed by atoms with E-state index in [0.29, 0.717) is 12.4 Å². The predicted octanol–water partition coefficient (Wildman–Crippen LogP) is 1.82. The number of carbonyl (C=O) groups excluding carboxylic acids is 1. The smallest absolute Gasteiger partial charge is 0.197 e. The molecule has 2 rings (SSSR count). The van der Waals surface area contributed by atoms with Gasteiger partial charge in [-0.05, 0) is 17.7 Å². The van der Waals surface area contributed by atoms with Crippen molar-refractivity contribution in [3.05, 3.63) is 65.7 Å². The molecular weight excluding hydrogens is 296 g/mol. The van der Waals surface area contributed by atoms with Crippen molar-refractivity contribution in [1.29, 1.82) is 0 Å². The predicted molar refractivity (Wildman–Crippen MR) is 85.4 cm³/mol. The Labute approximate surface area is 135 Å². The molecule has 2 aromatic rings. The van der Waals surface area contributed by atoms with Gasteiger partial charge in [-0.2, -0.15) is 0 Å². The molecule has 5 nitrogen and oxygen atoms in total. The monoisotopic (exact) mass is 316 g/mol. The lowest BCUT2D eigenvalue weighted by Crippen LogP contribution is -2.37. The van der Waals surface area contributed by atoms with Crippen LogP contribution in [0.2, 0.25) is 0 Å². The molecule has 0 bridgehead atoms. The first-order chi connectivity index (χ1) is 11.1. The fraction of sp³-hybridized carbons (Fsp3) is 0.278. The zero-order chi connectivity index (χ0) is 16.7. The Kier molecular flexibility index (Phi) is 6.29. The van der Waals surface area contributed by atoms with E-state index in [2.05, 4.69) is 0 Å². The third-order valence-corrected chi connectivity index (χ3v) is 3.41. The van der Waals surface area contributed by atoms with E-state index in [4.69, 9.17) is 9.47 Å². The van der Waals surface area contributed by atoms with Crippen molar-refractivity contribution in [2.45, 2.75) is 18.8 Å². The van der Waals surface area contributed by atoms with Gasteiger partial charge in [-0.25, -0.2) is 0 Å². The van der Waals surface area contributed by atoms with Crippen LogP contribution in [0.25, 0.3) is 0 Å². The van der Waals surface area contributed by atoms with Crippen molar-refractivity contribution < 1.29 is 24.5 Å². The molecule has 0 aliphatic heterocycles. The molecule has 0 aromatic heterocycles. The Morgan fingerprint density at radius 2 is 1.70 bits per heavy atom. The van der Waals surface area contributed by atoms with Crippen molar-refractivity contribution in [2.24, 2.45) is 0 Å². The number of methoxy groups -OCH3 is 1. The Hall–Kier alpha value is -2.21. The van der Waals surface area contributed by atoms with Gasteiger partial charge in [0, 0.05) is 0 Å². The van der Waals surface area contributed by atoms with Crippen LogP contribution in [0.1, 0.15) is 15.9 Å². The van der Waals surface area contributed by atoms with Crippen molar-refractivity contribution in [3.63, 3.8) is 0 Å². The van der Waals surface area contributed by atoms with Crippen molar-refractivity contribution >= 4 is 5.78 Å². The lowest BCUT2D eigenvalue weighted by atomic mass is 10.0. The number of ketones is 1. The van der Waals surface area contributed by atoms with Crippen molar-refractivity contribution in [2.75, 3.05) is 13.7 Å². The molecule has 2 N–H and O–H groups in total. The van der Waals surface area contributed by atoms with E-state index >= 15 is 0 Å². The van der Waals surface area contributed by atoms with Gasteiger partial charge in [0.2, 0.25) is 0 Å². The molecule has 23 heavy (non-hydrogen) atoms. The molecule has 0 radical (unpaired) electrons. The zero-order valence-corrected chi connectivity index (χ0v) is 12.9. The third-order valence-electron chi connectivity index (χ3n) is 3.41. The molecule has 0 unspecified atom stereocenters. The average molecular weight is 316 g/mol. The lowest BCUT2D eigenvalue weighted by Gasteiger charge is -2.18. The fourth-order valence-corrected chi connectivity index (χ4v) is 2.15. The molecule has 0 aliphatic rings. The molecule has 0 fully saturated rings. The maximum Gasteiger partial charge on any atom is 0.197 e. The number of Topliss-reactive ketones (excluding diaryl/α,β-unsaturated/α-hetero) is 1.